The molecule has 0 spiro atoms. The average molecular weight is 298 g/mol. The monoisotopic (exact) mass is 298 g/mol. The molecule has 0 radical (unpaired) electrons. The molecule has 21 heavy (non-hydrogen) atoms. The van der Waals surface area contributed by atoms with Gasteiger partial charge in [0.2, 0.25) is 0 Å². The van der Waals surface area contributed by atoms with Gasteiger partial charge in [0.15, 0.2) is 5.82 Å². The molecule has 2 unspecified atom stereocenters. The molecule has 1 saturated heterocycles. The summed E-state index contributed by atoms with van der Waals surface area (Å²) in [5, 5.41) is 19.9. The summed E-state index contributed by atoms with van der Waals surface area (Å²) in [6.45, 7) is 2.38. The minimum absolute atomic E-state index is 0.0142. The Morgan fingerprint density at radius 1 is 1.57 bits per heavy atom. The molecule has 8 heteroatoms. The predicted molar refractivity (Wildman–Crippen MR) is 72.2 cm³/mol. The molecule has 1 heterocycles. The van der Waals surface area contributed by atoms with Crippen molar-refractivity contribution in [2.75, 3.05) is 18.6 Å². The maximum atomic E-state index is 14.1. The number of halogens is 1. The van der Waals surface area contributed by atoms with Gasteiger partial charge >= 0.3 is 5.97 Å². The van der Waals surface area contributed by atoms with Gasteiger partial charge < -0.3 is 14.7 Å². The summed E-state index contributed by atoms with van der Waals surface area (Å²) < 4.78 is 19.5. The number of aromatic carboxylic acids is 1. The summed E-state index contributed by atoms with van der Waals surface area (Å²) in [6, 6.07) is 1.54. The Morgan fingerprint density at radius 3 is 2.71 bits per heavy atom. The standard InChI is InChI=1S/C13H15FN2O5/c1-7-10(3-4-21-7)15(2)12-5-8(13(17)18)11(16(19)20)6-9(12)14/h5-7,10H,3-4H2,1-2H3,(H,17,18). The van der Waals surface area contributed by atoms with Gasteiger partial charge in [-0.3, -0.25) is 10.1 Å². The number of likely N-dealkylation sites (N-methyl/N-ethyl adjacent to an activating group) is 1. The van der Waals surface area contributed by atoms with Crippen molar-refractivity contribution in [2.45, 2.75) is 25.5 Å². The highest BCUT2D eigenvalue weighted by atomic mass is 19.1. The Bertz CT molecular complexity index is 592. The lowest BCUT2D eigenvalue weighted by atomic mass is 10.1. The van der Waals surface area contributed by atoms with Crippen LogP contribution in [0, 0.1) is 15.9 Å². The highest BCUT2D eigenvalue weighted by Crippen LogP contribution is 2.31. The molecule has 1 aliphatic rings. The first-order valence-corrected chi connectivity index (χ1v) is 6.38. The summed E-state index contributed by atoms with van der Waals surface area (Å²) in [4.78, 5) is 22.6. The van der Waals surface area contributed by atoms with Crippen molar-refractivity contribution in [2.24, 2.45) is 0 Å². The quantitative estimate of drug-likeness (QED) is 0.675. The molecule has 0 amide bonds. The largest absolute Gasteiger partial charge is 0.477 e. The molecule has 1 aliphatic heterocycles. The fraction of sp³-hybridized carbons (Fsp3) is 0.462. The summed E-state index contributed by atoms with van der Waals surface area (Å²) >= 11 is 0. The minimum Gasteiger partial charge on any atom is -0.477 e. The molecule has 1 aromatic carbocycles. The van der Waals surface area contributed by atoms with Crippen LogP contribution in [0.25, 0.3) is 0 Å². The zero-order valence-corrected chi connectivity index (χ0v) is 11.6. The molecule has 7 nitrogen and oxygen atoms in total. The minimum atomic E-state index is -1.47. The van der Waals surface area contributed by atoms with E-state index < -0.39 is 28.0 Å². The van der Waals surface area contributed by atoms with E-state index in [9.17, 15) is 19.3 Å². The van der Waals surface area contributed by atoms with Crippen LogP contribution in [0.4, 0.5) is 15.8 Å². The Morgan fingerprint density at radius 2 is 2.24 bits per heavy atom. The molecule has 1 N–H and O–H groups in total. The molecular formula is C13H15FN2O5. The number of carboxylic acids is 1. The fourth-order valence-corrected chi connectivity index (χ4v) is 2.55. The lowest BCUT2D eigenvalue weighted by molar-refractivity contribution is -0.385. The molecular weight excluding hydrogens is 283 g/mol. The maximum absolute atomic E-state index is 14.1. The molecule has 1 fully saturated rings. The number of nitro groups is 1. The number of nitro benzene ring substituents is 1. The van der Waals surface area contributed by atoms with Crippen molar-refractivity contribution in [3.63, 3.8) is 0 Å². The number of hydrogen-bond donors (Lipinski definition) is 1. The molecule has 2 rings (SSSR count). The SMILES string of the molecule is CC1OCCC1N(C)c1cc(C(=O)O)c([N+](=O)[O-])cc1F. The summed E-state index contributed by atoms with van der Waals surface area (Å²) in [5.74, 6) is -2.29. The van der Waals surface area contributed by atoms with Crippen LogP contribution in [0.2, 0.25) is 0 Å². The molecule has 114 valence electrons. The van der Waals surface area contributed by atoms with Gasteiger partial charge in [0.25, 0.3) is 5.69 Å². The number of anilines is 1. The first-order valence-electron chi connectivity index (χ1n) is 6.38. The second kappa shape index (κ2) is 5.65. The predicted octanol–water partition coefficient (Wildman–Crippen LogP) is 2.05. The number of nitrogens with zero attached hydrogens (tertiary/aromatic N) is 2. The van der Waals surface area contributed by atoms with Gasteiger partial charge in [-0.05, 0) is 19.4 Å². The Hall–Kier alpha value is -2.22. The van der Waals surface area contributed by atoms with Gasteiger partial charge in [0.1, 0.15) is 5.56 Å². The molecule has 1 aromatic rings. The molecule has 0 saturated carbocycles. The van der Waals surface area contributed by atoms with E-state index in [1.165, 1.54) is 0 Å². The van der Waals surface area contributed by atoms with Crippen molar-refractivity contribution in [3.05, 3.63) is 33.6 Å². The summed E-state index contributed by atoms with van der Waals surface area (Å²) in [5.41, 5.74) is -1.27. The van der Waals surface area contributed by atoms with E-state index in [0.717, 1.165) is 6.07 Å². The highest BCUT2D eigenvalue weighted by molar-refractivity contribution is 5.93. The lowest BCUT2D eigenvalue weighted by Gasteiger charge is -2.29. The van der Waals surface area contributed by atoms with Gasteiger partial charge in [-0.25, -0.2) is 9.18 Å². The Labute approximate surface area is 120 Å². The zero-order chi connectivity index (χ0) is 15.7. The van der Waals surface area contributed by atoms with E-state index in [1.54, 1.807) is 11.9 Å². The van der Waals surface area contributed by atoms with E-state index in [2.05, 4.69) is 0 Å². The number of carbonyl (C=O) groups is 1. The highest BCUT2D eigenvalue weighted by Gasteiger charge is 2.31. The van der Waals surface area contributed by atoms with Crippen molar-refractivity contribution in [3.8, 4) is 0 Å². The lowest BCUT2D eigenvalue weighted by Crippen LogP contribution is -2.37. The second-order valence-electron chi connectivity index (χ2n) is 4.93. The van der Waals surface area contributed by atoms with Gasteiger partial charge in [0, 0.05) is 13.7 Å². The number of hydrogen-bond acceptors (Lipinski definition) is 5. The zero-order valence-electron chi connectivity index (χ0n) is 11.6. The Kier molecular flexibility index (Phi) is 4.08. The number of ether oxygens (including phenoxy) is 1. The van der Waals surface area contributed by atoms with Crippen molar-refractivity contribution >= 4 is 17.3 Å². The van der Waals surface area contributed by atoms with Gasteiger partial charge in [0.05, 0.1) is 28.8 Å². The van der Waals surface area contributed by atoms with Crippen LogP contribution in [0.5, 0.6) is 0 Å². The fourth-order valence-electron chi connectivity index (χ4n) is 2.55. The molecule has 0 bridgehead atoms. The van der Waals surface area contributed by atoms with Crippen LogP contribution in [0.1, 0.15) is 23.7 Å². The third-order valence-electron chi connectivity index (χ3n) is 3.71. The van der Waals surface area contributed by atoms with Crippen LogP contribution in [-0.2, 0) is 4.74 Å². The normalized spacial score (nSPS) is 21.3. The topological polar surface area (TPSA) is 92.9 Å². The van der Waals surface area contributed by atoms with Crippen molar-refractivity contribution in [1.82, 2.24) is 0 Å². The van der Waals surface area contributed by atoms with Crippen LogP contribution in [0.15, 0.2) is 12.1 Å². The van der Waals surface area contributed by atoms with Crippen LogP contribution >= 0.6 is 0 Å². The first kappa shape index (κ1) is 15.2. The third-order valence-corrected chi connectivity index (χ3v) is 3.71. The number of carboxylic acid groups (broad SMARTS) is 1. The molecule has 2 atom stereocenters. The number of rotatable bonds is 4. The second-order valence-corrected chi connectivity index (χ2v) is 4.93. The van der Waals surface area contributed by atoms with E-state index in [4.69, 9.17) is 9.84 Å². The summed E-state index contributed by atoms with van der Waals surface area (Å²) in [6.07, 6.45) is 0.550. The van der Waals surface area contributed by atoms with Crippen LogP contribution in [0.3, 0.4) is 0 Å². The number of benzene rings is 1. The molecule has 0 aliphatic carbocycles. The van der Waals surface area contributed by atoms with Crippen molar-refractivity contribution in [1.29, 1.82) is 0 Å². The average Bonchev–Trinajstić information content (AvgIpc) is 2.83. The molecule has 0 aromatic heterocycles. The van der Waals surface area contributed by atoms with Gasteiger partial charge in [-0.15, -0.1) is 0 Å². The smallest absolute Gasteiger partial charge is 0.342 e. The third kappa shape index (κ3) is 2.80. The first-order chi connectivity index (χ1) is 9.82. The van der Waals surface area contributed by atoms with E-state index >= 15 is 0 Å². The van der Waals surface area contributed by atoms with E-state index in [0.29, 0.717) is 19.1 Å². The van der Waals surface area contributed by atoms with Gasteiger partial charge in [-0.1, -0.05) is 0 Å². The Balaban J connectivity index is 2.46. The maximum Gasteiger partial charge on any atom is 0.342 e. The van der Waals surface area contributed by atoms with Crippen LogP contribution < -0.4 is 4.90 Å². The van der Waals surface area contributed by atoms with Crippen molar-refractivity contribution < 1.29 is 24.0 Å². The van der Waals surface area contributed by atoms with Gasteiger partial charge in [-0.2, -0.15) is 0 Å². The summed E-state index contributed by atoms with van der Waals surface area (Å²) in [7, 11) is 1.62. The van der Waals surface area contributed by atoms with E-state index in [-0.39, 0.29) is 17.8 Å². The van der Waals surface area contributed by atoms with Crippen LogP contribution in [-0.4, -0.2) is 41.8 Å². The van der Waals surface area contributed by atoms with E-state index in [1.807, 2.05) is 6.92 Å².